The van der Waals surface area contributed by atoms with Gasteiger partial charge in [-0.3, -0.25) is 0 Å². The molecule has 0 radical (unpaired) electrons. The lowest BCUT2D eigenvalue weighted by atomic mass is 10.2. The van der Waals surface area contributed by atoms with E-state index in [4.69, 9.17) is 18.6 Å². The molecule has 1 heterocycles. The van der Waals surface area contributed by atoms with Gasteiger partial charge in [-0.05, 0) is 0 Å². The number of cyclic esters (lactones) is 1. The Morgan fingerprint density at radius 3 is 2.00 bits per heavy atom. The summed E-state index contributed by atoms with van der Waals surface area (Å²) in [5, 5.41) is 2.19. The first-order valence-corrected chi connectivity index (χ1v) is 11.6. The van der Waals surface area contributed by atoms with Gasteiger partial charge in [0.05, 0.1) is 14.4 Å². The van der Waals surface area contributed by atoms with Gasteiger partial charge in [0.15, 0.2) is 12.9 Å². The molecule has 1 atom stereocenters. The minimum absolute atomic E-state index is 0.0538. The van der Waals surface area contributed by atoms with Crippen molar-refractivity contribution < 1.29 is 23.4 Å². The highest BCUT2D eigenvalue weighted by molar-refractivity contribution is 6.99. The van der Waals surface area contributed by atoms with Crippen LogP contribution in [0.25, 0.3) is 0 Å². The van der Waals surface area contributed by atoms with Gasteiger partial charge in [0, 0.05) is 13.7 Å². The number of methoxy groups -OCH3 is 1. The van der Waals surface area contributed by atoms with Crippen molar-refractivity contribution in [2.45, 2.75) is 31.9 Å². The minimum atomic E-state index is -2.71. The van der Waals surface area contributed by atoms with E-state index >= 15 is 0 Å². The van der Waals surface area contributed by atoms with Crippen molar-refractivity contribution in [3.63, 3.8) is 0 Å². The Hall–Kier alpha value is -2.41. The zero-order valence-electron chi connectivity index (χ0n) is 17.4. The van der Waals surface area contributed by atoms with Crippen molar-refractivity contribution in [3.05, 3.63) is 72.5 Å². The first kappa shape index (κ1) is 21.3. The van der Waals surface area contributed by atoms with Crippen LogP contribution in [0.3, 0.4) is 0 Å². The Morgan fingerprint density at radius 1 is 0.966 bits per heavy atom. The molecule has 0 bridgehead atoms. The number of carbonyl (C=O) groups excluding carboxylic acids is 1. The monoisotopic (exact) mass is 412 g/mol. The van der Waals surface area contributed by atoms with E-state index in [-0.39, 0.29) is 18.4 Å². The van der Waals surface area contributed by atoms with Crippen LogP contribution in [0.2, 0.25) is 5.04 Å². The summed E-state index contributed by atoms with van der Waals surface area (Å²) in [6.07, 6.45) is 0.776. The number of rotatable bonds is 8. The third kappa shape index (κ3) is 4.45. The zero-order chi connectivity index (χ0) is 20.9. The largest absolute Gasteiger partial charge is 0.555 e. The Bertz CT molecular complexity index is 803. The van der Waals surface area contributed by atoms with Gasteiger partial charge < -0.3 is 18.6 Å². The van der Waals surface area contributed by atoms with Gasteiger partial charge in [-0.15, -0.1) is 5.04 Å². The van der Waals surface area contributed by atoms with Gasteiger partial charge in [-0.2, -0.15) is 10.4 Å². The van der Waals surface area contributed by atoms with Gasteiger partial charge in [-0.1, -0.05) is 81.4 Å². The van der Waals surface area contributed by atoms with Crippen molar-refractivity contribution in [3.8, 4) is 0 Å². The lowest BCUT2D eigenvalue weighted by Crippen LogP contribution is -2.67. The Balaban J connectivity index is 1.98. The molecule has 155 valence electrons. The number of esters is 1. The first-order chi connectivity index (χ1) is 13.9. The fraction of sp³-hybridized carbons (Fsp3) is 0.348. The predicted molar refractivity (Wildman–Crippen MR) is 114 cm³/mol. The molecule has 0 saturated carbocycles. The summed E-state index contributed by atoms with van der Waals surface area (Å²) in [5.74, 6) is 0.0157. The third-order valence-corrected chi connectivity index (χ3v) is 10.1. The number of carbonyl (C=O) groups is 1. The van der Waals surface area contributed by atoms with Crippen LogP contribution in [0.5, 0.6) is 0 Å². The summed E-state index contributed by atoms with van der Waals surface area (Å²) >= 11 is 0. The normalized spacial score (nSPS) is 17.0. The highest BCUT2D eigenvalue weighted by atomic mass is 28.4. The summed E-state index contributed by atoms with van der Waals surface area (Å²) in [5.41, 5.74) is 0. The molecule has 2 aromatic rings. The molecule has 5 nitrogen and oxygen atoms in total. The lowest BCUT2D eigenvalue weighted by Gasteiger charge is -2.55. The summed E-state index contributed by atoms with van der Waals surface area (Å²) < 4.78 is 22.7. The van der Waals surface area contributed by atoms with Crippen molar-refractivity contribution in [2.75, 3.05) is 20.5 Å². The molecule has 0 N–H and O–H groups in total. The van der Waals surface area contributed by atoms with Crippen LogP contribution in [0.4, 0.5) is 0 Å². The number of benzene rings is 2. The predicted octanol–water partition coefficient (Wildman–Crippen LogP) is 2.99. The molecule has 0 aliphatic carbocycles. The van der Waals surface area contributed by atoms with Crippen LogP contribution < -0.4 is 10.4 Å². The number of ether oxygens (including phenoxy) is 3. The molecule has 1 unspecified atom stereocenters. The van der Waals surface area contributed by atoms with E-state index in [2.05, 4.69) is 45.0 Å². The maximum Gasteiger partial charge on any atom is 0.335 e. The maximum atomic E-state index is 11.8. The van der Waals surface area contributed by atoms with Gasteiger partial charge in [0.1, 0.15) is 5.76 Å². The molecule has 0 aromatic heterocycles. The van der Waals surface area contributed by atoms with E-state index in [1.165, 1.54) is 23.6 Å². The Kier molecular flexibility index (Phi) is 6.57. The first-order valence-electron chi connectivity index (χ1n) is 9.67. The molecular formula is C23H28O5Si-. The zero-order valence-corrected chi connectivity index (χ0v) is 18.4. The second kappa shape index (κ2) is 8.94. The summed E-state index contributed by atoms with van der Waals surface area (Å²) in [6.45, 7) is 6.89. The highest BCUT2D eigenvalue weighted by Crippen LogP contribution is 2.37. The number of hydrogen-bond donors (Lipinski definition) is 0. The van der Waals surface area contributed by atoms with Crippen LogP contribution in [0, 0.1) is 0 Å². The van der Waals surface area contributed by atoms with Crippen molar-refractivity contribution in [2.24, 2.45) is 0 Å². The average Bonchev–Trinajstić information content (AvgIpc) is 3.07. The quantitative estimate of drug-likeness (QED) is 0.379. The fourth-order valence-corrected chi connectivity index (χ4v) is 8.34. The maximum absolute atomic E-state index is 11.8. The van der Waals surface area contributed by atoms with E-state index in [0.717, 1.165) is 0 Å². The lowest BCUT2D eigenvalue weighted by molar-refractivity contribution is -0.141. The second-order valence-corrected chi connectivity index (χ2v) is 12.3. The van der Waals surface area contributed by atoms with E-state index in [1.807, 2.05) is 36.4 Å². The van der Waals surface area contributed by atoms with Gasteiger partial charge in [0.25, 0.3) is 0 Å². The molecule has 2 aromatic carbocycles. The molecule has 3 rings (SSSR count). The van der Waals surface area contributed by atoms with Crippen molar-refractivity contribution in [1.29, 1.82) is 0 Å². The molecule has 6 heteroatoms. The Morgan fingerprint density at radius 2 is 1.52 bits per heavy atom. The van der Waals surface area contributed by atoms with E-state index in [0.29, 0.717) is 5.76 Å². The average molecular weight is 413 g/mol. The molecular weight excluding hydrogens is 384 g/mol. The molecule has 29 heavy (non-hydrogen) atoms. The topological polar surface area (TPSA) is 54.0 Å². The third-order valence-electron chi connectivity index (χ3n) is 5.05. The SMILES string of the molecule is COCOC1=CC(=O)OC1CO[Si-](c1ccccc1)(c1ccccc1)C(C)(C)C. The standard InChI is InChI=1S/C23H28O5Si/c1-23(2,3)29(18-11-7-5-8-12-18,19-13-9-6-10-14-19)27-16-21-20(26-17-25-4)15-22(24)28-21/h5-15,21H,16-17H2,1-4H3/q-1. The molecule has 1 aliphatic heterocycles. The van der Waals surface area contributed by atoms with Crippen molar-refractivity contribution in [1.82, 2.24) is 0 Å². The minimum Gasteiger partial charge on any atom is -0.555 e. The summed E-state index contributed by atoms with van der Waals surface area (Å²) in [6, 6.07) is 20.7. The molecule has 0 fully saturated rings. The van der Waals surface area contributed by atoms with Crippen LogP contribution in [-0.4, -0.2) is 40.9 Å². The summed E-state index contributed by atoms with van der Waals surface area (Å²) in [4.78, 5) is 11.8. The van der Waals surface area contributed by atoms with Crippen LogP contribution in [0.1, 0.15) is 20.8 Å². The van der Waals surface area contributed by atoms with Crippen LogP contribution in [-0.2, 0) is 23.4 Å². The van der Waals surface area contributed by atoms with Crippen molar-refractivity contribution >= 4 is 24.7 Å². The molecule has 0 spiro atoms. The molecule has 0 amide bonds. The Labute approximate surface area is 173 Å². The number of hydrogen-bond acceptors (Lipinski definition) is 5. The van der Waals surface area contributed by atoms with Crippen LogP contribution in [0.15, 0.2) is 72.5 Å². The second-order valence-electron chi connectivity index (χ2n) is 8.00. The van der Waals surface area contributed by atoms with E-state index in [9.17, 15) is 4.79 Å². The van der Waals surface area contributed by atoms with Gasteiger partial charge >= 0.3 is 5.97 Å². The van der Waals surface area contributed by atoms with E-state index < -0.39 is 20.4 Å². The molecule has 0 saturated heterocycles. The fourth-order valence-electron chi connectivity index (χ4n) is 3.78. The summed E-state index contributed by atoms with van der Waals surface area (Å²) in [7, 11) is -1.17. The van der Waals surface area contributed by atoms with Gasteiger partial charge in [0.2, 0.25) is 0 Å². The van der Waals surface area contributed by atoms with E-state index in [1.54, 1.807) is 0 Å². The smallest absolute Gasteiger partial charge is 0.335 e. The van der Waals surface area contributed by atoms with Gasteiger partial charge in [-0.25, -0.2) is 4.79 Å². The van der Waals surface area contributed by atoms with Crippen LogP contribution >= 0.6 is 0 Å². The molecule has 1 aliphatic rings. The highest BCUT2D eigenvalue weighted by Gasteiger charge is 2.39.